The van der Waals surface area contributed by atoms with Crippen molar-refractivity contribution in [1.82, 2.24) is 9.88 Å². The summed E-state index contributed by atoms with van der Waals surface area (Å²) >= 11 is 1.51. The van der Waals surface area contributed by atoms with Crippen LogP contribution in [0.3, 0.4) is 0 Å². The highest BCUT2D eigenvalue weighted by Crippen LogP contribution is 2.26. The summed E-state index contributed by atoms with van der Waals surface area (Å²) in [7, 11) is 1.63. The van der Waals surface area contributed by atoms with Gasteiger partial charge in [-0.1, -0.05) is 12.1 Å². The molecule has 0 bridgehead atoms. The number of benzene rings is 1. The van der Waals surface area contributed by atoms with Crippen molar-refractivity contribution < 1.29 is 13.2 Å². The SMILES string of the molecule is O=C1CC(S(=O)(=O)Cl)CN1Cc1nc2ccccc2s1. The highest BCUT2D eigenvalue weighted by molar-refractivity contribution is 8.14. The monoisotopic (exact) mass is 330 g/mol. The van der Waals surface area contributed by atoms with Gasteiger partial charge in [0.2, 0.25) is 15.0 Å². The molecule has 1 aliphatic heterocycles. The number of thiazole rings is 1. The molecule has 1 aromatic carbocycles. The molecule has 0 radical (unpaired) electrons. The molecular formula is C12H11ClN2O3S2. The zero-order chi connectivity index (χ0) is 14.3. The van der Waals surface area contributed by atoms with Crippen LogP contribution in [0.1, 0.15) is 11.4 Å². The van der Waals surface area contributed by atoms with Gasteiger partial charge in [0.25, 0.3) is 0 Å². The summed E-state index contributed by atoms with van der Waals surface area (Å²) in [6.45, 7) is 0.474. The van der Waals surface area contributed by atoms with E-state index in [-0.39, 0.29) is 18.9 Å². The van der Waals surface area contributed by atoms with Crippen molar-refractivity contribution in [1.29, 1.82) is 0 Å². The third kappa shape index (κ3) is 2.65. The lowest BCUT2D eigenvalue weighted by Crippen LogP contribution is -2.26. The Labute approximate surface area is 124 Å². The van der Waals surface area contributed by atoms with Crippen LogP contribution in [0.2, 0.25) is 0 Å². The average molecular weight is 331 g/mol. The molecule has 0 aliphatic carbocycles. The van der Waals surface area contributed by atoms with Gasteiger partial charge in [-0.15, -0.1) is 11.3 Å². The van der Waals surface area contributed by atoms with Crippen LogP contribution in [0.15, 0.2) is 24.3 Å². The first-order chi connectivity index (χ1) is 9.43. The average Bonchev–Trinajstić information content (AvgIpc) is 2.93. The Balaban J connectivity index is 1.79. The minimum Gasteiger partial charge on any atom is -0.335 e. The van der Waals surface area contributed by atoms with Crippen molar-refractivity contribution in [3.63, 3.8) is 0 Å². The van der Waals surface area contributed by atoms with E-state index in [9.17, 15) is 13.2 Å². The van der Waals surface area contributed by atoms with Crippen LogP contribution >= 0.6 is 22.0 Å². The van der Waals surface area contributed by atoms with Crippen molar-refractivity contribution in [2.45, 2.75) is 18.2 Å². The quantitative estimate of drug-likeness (QED) is 0.807. The van der Waals surface area contributed by atoms with E-state index in [0.29, 0.717) is 6.54 Å². The number of hydrogen-bond acceptors (Lipinski definition) is 5. The zero-order valence-corrected chi connectivity index (χ0v) is 12.7. The summed E-state index contributed by atoms with van der Waals surface area (Å²) in [5, 5.41) is -0.0155. The number of amides is 1. The van der Waals surface area contributed by atoms with Crippen LogP contribution in [0.4, 0.5) is 0 Å². The van der Waals surface area contributed by atoms with Gasteiger partial charge in [0.1, 0.15) is 10.3 Å². The molecule has 1 aromatic heterocycles. The maximum absolute atomic E-state index is 11.8. The third-order valence-electron chi connectivity index (χ3n) is 3.24. The Morgan fingerprint density at radius 3 is 2.80 bits per heavy atom. The van der Waals surface area contributed by atoms with Gasteiger partial charge in [0.15, 0.2) is 0 Å². The molecule has 5 nitrogen and oxygen atoms in total. The Morgan fingerprint density at radius 1 is 1.40 bits per heavy atom. The summed E-state index contributed by atoms with van der Waals surface area (Å²) in [6, 6.07) is 7.71. The lowest BCUT2D eigenvalue weighted by atomic mass is 10.3. The molecule has 106 valence electrons. The number of hydrogen-bond donors (Lipinski definition) is 0. The number of carbonyl (C=O) groups is 1. The van der Waals surface area contributed by atoms with Crippen molar-refractivity contribution in [3.05, 3.63) is 29.3 Å². The molecule has 1 fully saturated rings. The molecule has 1 amide bonds. The number of aromatic nitrogens is 1. The second-order valence-corrected chi connectivity index (χ2v) is 8.67. The maximum atomic E-state index is 11.8. The summed E-state index contributed by atoms with van der Waals surface area (Å²) in [5.41, 5.74) is 0.890. The summed E-state index contributed by atoms with van der Waals surface area (Å²) < 4.78 is 23.6. The molecule has 3 rings (SSSR count). The molecule has 0 saturated carbocycles. The van der Waals surface area contributed by atoms with E-state index < -0.39 is 14.3 Å². The molecular weight excluding hydrogens is 320 g/mol. The largest absolute Gasteiger partial charge is 0.335 e. The Bertz CT molecular complexity index is 739. The lowest BCUT2D eigenvalue weighted by Gasteiger charge is -2.13. The molecule has 0 N–H and O–H groups in total. The van der Waals surface area contributed by atoms with E-state index in [1.807, 2.05) is 24.3 Å². The Hall–Kier alpha value is -1.18. The summed E-state index contributed by atoms with van der Waals surface area (Å²) in [6.07, 6.45) is -0.0449. The highest BCUT2D eigenvalue weighted by atomic mass is 35.7. The standard InChI is InChI=1S/C12H11ClN2O3S2/c13-20(17,18)8-5-12(16)15(6-8)7-11-14-9-3-1-2-4-10(9)19-11/h1-4,8H,5-7H2. The van der Waals surface area contributed by atoms with E-state index in [0.717, 1.165) is 15.2 Å². The smallest absolute Gasteiger partial charge is 0.237 e. The number of likely N-dealkylation sites (tertiary alicyclic amines) is 1. The Morgan fingerprint density at radius 2 is 2.15 bits per heavy atom. The van der Waals surface area contributed by atoms with Crippen LogP contribution < -0.4 is 0 Å². The second-order valence-electron chi connectivity index (χ2n) is 4.65. The number of fused-ring (bicyclic) bond motifs is 1. The number of carbonyl (C=O) groups excluding carboxylic acids is 1. The first-order valence-electron chi connectivity index (χ1n) is 5.99. The van der Waals surface area contributed by atoms with E-state index in [2.05, 4.69) is 4.98 Å². The minimum absolute atomic E-state index is 0.0449. The molecule has 2 aromatic rings. The van der Waals surface area contributed by atoms with Gasteiger partial charge >= 0.3 is 0 Å². The number of halogens is 1. The van der Waals surface area contributed by atoms with Gasteiger partial charge in [-0.25, -0.2) is 13.4 Å². The van der Waals surface area contributed by atoms with Gasteiger partial charge in [-0.05, 0) is 12.1 Å². The fourth-order valence-electron chi connectivity index (χ4n) is 2.23. The minimum atomic E-state index is -3.69. The van der Waals surface area contributed by atoms with Crippen LogP contribution in [-0.2, 0) is 20.4 Å². The fourth-order valence-corrected chi connectivity index (χ4v) is 4.27. The van der Waals surface area contributed by atoms with Gasteiger partial charge in [0.05, 0.1) is 16.8 Å². The van der Waals surface area contributed by atoms with Gasteiger partial charge in [0, 0.05) is 23.6 Å². The molecule has 1 atom stereocenters. The fraction of sp³-hybridized carbons (Fsp3) is 0.333. The van der Waals surface area contributed by atoms with Crippen LogP contribution in [0, 0.1) is 0 Å². The van der Waals surface area contributed by atoms with Crippen LogP contribution in [0.25, 0.3) is 10.2 Å². The lowest BCUT2D eigenvalue weighted by molar-refractivity contribution is -0.128. The van der Waals surface area contributed by atoms with Crippen molar-refractivity contribution >= 4 is 47.2 Å². The van der Waals surface area contributed by atoms with Gasteiger partial charge < -0.3 is 4.90 Å². The molecule has 1 unspecified atom stereocenters. The first-order valence-corrected chi connectivity index (χ1v) is 9.18. The first kappa shape index (κ1) is 13.8. The highest BCUT2D eigenvalue weighted by Gasteiger charge is 2.37. The molecule has 8 heteroatoms. The van der Waals surface area contributed by atoms with Gasteiger partial charge in [-0.2, -0.15) is 0 Å². The molecule has 2 heterocycles. The van der Waals surface area contributed by atoms with Crippen molar-refractivity contribution in [2.24, 2.45) is 0 Å². The molecule has 20 heavy (non-hydrogen) atoms. The van der Waals surface area contributed by atoms with E-state index in [1.54, 1.807) is 0 Å². The number of para-hydroxylation sites is 1. The van der Waals surface area contributed by atoms with Crippen LogP contribution in [0.5, 0.6) is 0 Å². The predicted molar refractivity (Wildman–Crippen MR) is 78.2 cm³/mol. The number of rotatable bonds is 3. The second kappa shape index (κ2) is 4.98. The zero-order valence-electron chi connectivity index (χ0n) is 10.3. The normalized spacial score (nSPS) is 19.9. The third-order valence-corrected chi connectivity index (χ3v) is 6.13. The summed E-state index contributed by atoms with van der Waals surface area (Å²) in [5.74, 6) is -0.196. The maximum Gasteiger partial charge on any atom is 0.237 e. The summed E-state index contributed by atoms with van der Waals surface area (Å²) in [4.78, 5) is 17.8. The van der Waals surface area contributed by atoms with Crippen molar-refractivity contribution in [2.75, 3.05) is 6.54 Å². The van der Waals surface area contributed by atoms with E-state index in [4.69, 9.17) is 10.7 Å². The van der Waals surface area contributed by atoms with Crippen molar-refractivity contribution in [3.8, 4) is 0 Å². The van der Waals surface area contributed by atoms with E-state index in [1.165, 1.54) is 16.2 Å². The predicted octanol–water partition coefficient (Wildman–Crippen LogP) is 1.97. The molecule has 1 saturated heterocycles. The topological polar surface area (TPSA) is 67.3 Å². The van der Waals surface area contributed by atoms with Crippen LogP contribution in [-0.4, -0.2) is 36.0 Å². The van der Waals surface area contributed by atoms with E-state index >= 15 is 0 Å². The molecule has 1 aliphatic rings. The van der Waals surface area contributed by atoms with Gasteiger partial charge in [-0.3, -0.25) is 4.79 Å². The molecule has 0 spiro atoms. The Kier molecular flexibility index (Phi) is 3.43. The number of nitrogens with zero attached hydrogens (tertiary/aromatic N) is 2.